The molecule has 0 bridgehead atoms. The van der Waals surface area contributed by atoms with Gasteiger partial charge in [-0.25, -0.2) is 4.79 Å². The zero-order valence-electron chi connectivity index (χ0n) is 8.57. The van der Waals surface area contributed by atoms with E-state index in [0.717, 1.165) is 5.56 Å². The van der Waals surface area contributed by atoms with Crippen molar-refractivity contribution in [1.82, 2.24) is 0 Å². The van der Waals surface area contributed by atoms with Gasteiger partial charge in [-0.05, 0) is 23.1 Å². The molecular formula is C11H14O3. The summed E-state index contributed by atoms with van der Waals surface area (Å²) in [5.74, 6) is -0.726. The molecule has 0 spiro atoms. The van der Waals surface area contributed by atoms with Crippen molar-refractivity contribution in [2.45, 2.75) is 26.2 Å². The van der Waals surface area contributed by atoms with Crippen LogP contribution in [-0.4, -0.2) is 11.2 Å². The van der Waals surface area contributed by atoms with Crippen molar-refractivity contribution in [3.8, 4) is 0 Å². The fourth-order valence-electron chi connectivity index (χ4n) is 1.17. The van der Waals surface area contributed by atoms with Gasteiger partial charge in [0.2, 0.25) is 0 Å². The molecule has 1 rings (SSSR count). The van der Waals surface area contributed by atoms with Crippen LogP contribution in [0.25, 0.3) is 0 Å². The van der Waals surface area contributed by atoms with Crippen molar-refractivity contribution in [1.29, 1.82) is 0 Å². The SMILES string of the molecule is CC(C)(C)c1cccc(C(=O)OO)c1. The highest BCUT2D eigenvalue weighted by Crippen LogP contribution is 2.22. The fraction of sp³-hybridized carbons (Fsp3) is 0.364. The van der Waals surface area contributed by atoms with E-state index >= 15 is 0 Å². The number of hydrogen-bond acceptors (Lipinski definition) is 3. The maximum Gasteiger partial charge on any atom is 0.372 e. The second-order valence-electron chi connectivity index (χ2n) is 4.21. The lowest BCUT2D eigenvalue weighted by Gasteiger charge is -2.19. The van der Waals surface area contributed by atoms with Gasteiger partial charge in [-0.2, -0.15) is 5.26 Å². The molecule has 3 nitrogen and oxygen atoms in total. The predicted molar refractivity (Wildman–Crippen MR) is 53.2 cm³/mol. The summed E-state index contributed by atoms with van der Waals surface area (Å²) in [6.07, 6.45) is 0. The van der Waals surface area contributed by atoms with Crippen molar-refractivity contribution in [2.75, 3.05) is 0 Å². The molecule has 0 heterocycles. The maximum absolute atomic E-state index is 11.0. The van der Waals surface area contributed by atoms with Crippen molar-refractivity contribution >= 4 is 5.97 Å². The van der Waals surface area contributed by atoms with Crippen LogP contribution < -0.4 is 0 Å². The summed E-state index contributed by atoms with van der Waals surface area (Å²) < 4.78 is 0. The molecule has 0 atom stereocenters. The van der Waals surface area contributed by atoms with Gasteiger partial charge in [-0.15, -0.1) is 0 Å². The summed E-state index contributed by atoms with van der Waals surface area (Å²) in [6.45, 7) is 6.16. The van der Waals surface area contributed by atoms with Crippen LogP contribution in [0.2, 0.25) is 0 Å². The first-order chi connectivity index (χ1) is 6.45. The Morgan fingerprint density at radius 2 is 2.00 bits per heavy atom. The minimum Gasteiger partial charge on any atom is -0.296 e. The standard InChI is InChI=1S/C11H14O3/c1-11(2,3)9-6-4-5-8(7-9)10(12)14-13/h4-7,13H,1-3H3. The van der Waals surface area contributed by atoms with Crippen LogP contribution in [0.15, 0.2) is 24.3 Å². The molecule has 0 fully saturated rings. The van der Waals surface area contributed by atoms with E-state index in [4.69, 9.17) is 5.26 Å². The molecule has 1 aromatic carbocycles. The highest BCUT2D eigenvalue weighted by molar-refractivity contribution is 5.89. The van der Waals surface area contributed by atoms with Crippen molar-refractivity contribution in [2.24, 2.45) is 0 Å². The summed E-state index contributed by atoms with van der Waals surface area (Å²) in [4.78, 5) is 14.7. The Labute approximate surface area is 83.3 Å². The number of hydrogen-bond donors (Lipinski definition) is 1. The van der Waals surface area contributed by atoms with Gasteiger partial charge in [0.05, 0.1) is 5.56 Å². The Hall–Kier alpha value is -1.35. The molecule has 0 aliphatic rings. The lowest BCUT2D eigenvalue weighted by atomic mass is 9.86. The Morgan fingerprint density at radius 3 is 2.50 bits per heavy atom. The molecule has 0 aromatic heterocycles. The van der Waals surface area contributed by atoms with Crippen LogP contribution in [-0.2, 0) is 10.3 Å². The van der Waals surface area contributed by atoms with Crippen LogP contribution in [0.4, 0.5) is 0 Å². The monoisotopic (exact) mass is 194 g/mol. The van der Waals surface area contributed by atoms with E-state index in [1.54, 1.807) is 18.2 Å². The topological polar surface area (TPSA) is 46.5 Å². The summed E-state index contributed by atoms with van der Waals surface area (Å²) in [7, 11) is 0. The largest absolute Gasteiger partial charge is 0.372 e. The minimum atomic E-state index is -0.726. The third-order valence-corrected chi connectivity index (χ3v) is 2.05. The van der Waals surface area contributed by atoms with Gasteiger partial charge in [0, 0.05) is 0 Å². The Balaban J connectivity index is 3.08. The summed E-state index contributed by atoms with van der Waals surface area (Å²) in [5, 5.41) is 8.23. The van der Waals surface area contributed by atoms with Crippen LogP contribution in [0.3, 0.4) is 0 Å². The highest BCUT2D eigenvalue weighted by atomic mass is 17.1. The highest BCUT2D eigenvalue weighted by Gasteiger charge is 2.15. The average Bonchev–Trinajstić information content (AvgIpc) is 2.15. The molecule has 0 saturated carbocycles. The maximum atomic E-state index is 11.0. The lowest BCUT2D eigenvalue weighted by molar-refractivity contribution is -0.182. The zero-order valence-corrected chi connectivity index (χ0v) is 8.57. The third-order valence-electron chi connectivity index (χ3n) is 2.05. The third kappa shape index (κ3) is 2.33. The Kier molecular flexibility index (Phi) is 2.91. The Morgan fingerprint density at radius 1 is 1.36 bits per heavy atom. The van der Waals surface area contributed by atoms with Gasteiger partial charge in [-0.3, -0.25) is 4.89 Å². The molecule has 14 heavy (non-hydrogen) atoms. The molecule has 1 N–H and O–H groups in total. The van der Waals surface area contributed by atoms with E-state index in [9.17, 15) is 4.79 Å². The second-order valence-corrected chi connectivity index (χ2v) is 4.21. The van der Waals surface area contributed by atoms with E-state index in [-0.39, 0.29) is 5.41 Å². The molecule has 0 amide bonds. The van der Waals surface area contributed by atoms with Gasteiger partial charge in [0.1, 0.15) is 0 Å². The van der Waals surface area contributed by atoms with Crippen molar-refractivity contribution in [3.05, 3.63) is 35.4 Å². The molecule has 0 saturated heterocycles. The van der Waals surface area contributed by atoms with Crippen LogP contribution in [0, 0.1) is 0 Å². The number of carbonyl (C=O) groups is 1. The van der Waals surface area contributed by atoms with Crippen molar-refractivity contribution < 1.29 is 14.9 Å². The minimum absolute atomic E-state index is 0.0221. The van der Waals surface area contributed by atoms with Crippen LogP contribution >= 0.6 is 0 Å². The van der Waals surface area contributed by atoms with Gasteiger partial charge >= 0.3 is 5.97 Å². The van der Waals surface area contributed by atoms with E-state index < -0.39 is 5.97 Å². The van der Waals surface area contributed by atoms with E-state index in [2.05, 4.69) is 25.7 Å². The molecule has 0 radical (unpaired) electrons. The van der Waals surface area contributed by atoms with E-state index in [1.165, 1.54) is 0 Å². The molecule has 1 aromatic rings. The van der Waals surface area contributed by atoms with Crippen LogP contribution in [0.5, 0.6) is 0 Å². The second kappa shape index (κ2) is 3.80. The molecule has 0 aliphatic carbocycles. The normalized spacial score (nSPS) is 11.1. The van der Waals surface area contributed by atoms with Gasteiger partial charge in [0.25, 0.3) is 0 Å². The fourth-order valence-corrected chi connectivity index (χ4v) is 1.17. The molecule has 76 valence electrons. The summed E-state index contributed by atoms with van der Waals surface area (Å²) >= 11 is 0. The molecule has 0 aliphatic heterocycles. The first-order valence-corrected chi connectivity index (χ1v) is 4.41. The van der Waals surface area contributed by atoms with Crippen molar-refractivity contribution in [3.63, 3.8) is 0 Å². The number of rotatable bonds is 1. The van der Waals surface area contributed by atoms with Gasteiger partial charge < -0.3 is 0 Å². The zero-order chi connectivity index (χ0) is 10.8. The quantitative estimate of drug-likeness (QED) is 0.552. The molecular weight excluding hydrogens is 180 g/mol. The summed E-state index contributed by atoms with van der Waals surface area (Å²) in [5.41, 5.74) is 1.37. The van der Waals surface area contributed by atoms with E-state index in [1.807, 2.05) is 6.07 Å². The Bertz CT molecular complexity index is 337. The summed E-state index contributed by atoms with van der Waals surface area (Å²) in [6, 6.07) is 7.04. The number of benzene rings is 1. The van der Waals surface area contributed by atoms with Crippen LogP contribution in [0.1, 0.15) is 36.7 Å². The van der Waals surface area contributed by atoms with E-state index in [0.29, 0.717) is 5.56 Å². The number of carbonyl (C=O) groups excluding carboxylic acids is 1. The van der Waals surface area contributed by atoms with Gasteiger partial charge in [0.15, 0.2) is 0 Å². The predicted octanol–water partition coefficient (Wildman–Crippen LogP) is 2.61. The lowest BCUT2D eigenvalue weighted by Crippen LogP contribution is -2.12. The van der Waals surface area contributed by atoms with Gasteiger partial charge in [-0.1, -0.05) is 32.9 Å². The first-order valence-electron chi connectivity index (χ1n) is 4.41. The molecule has 3 heteroatoms. The smallest absolute Gasteiger partial charge is 0.296 e. The average molecular weight is 194 g/mol. The molecule has 0 unspecified atom stereocenters. The first kappa shape index (κ1) is 10.7.